The lowest BCUT2D eigenvalue weighted by Gasteiger charge is -2.13. The predicted molar refractivity (Wildman–Crippen MR) is 99.6 cm³/mol. The van der Waals surface area contributed by atoms with Crippen molar-refractivity contribution >= 4 is 5.91 Å². The number of carbonyl (C=O) groups is 1. The van der Waals surface area contributed by atoms with Crippen molar-refractivity contribution in [3.63, 3.8) is 0 Å². The van der Waals surface area contributed by atoms with E-state index >= 15 is 0 Å². The molecule has 2 aromatic heterocycles. The van der Waals surface area contributed by atoms with Crippen LogP contribution in [0.1, 0.15) is 34.4 Å². The van der Waals surface area contributed by atoms with Gasteiger partial charge in [-0.2, -0.15) is 0 Å². The molecule has 1 atom stereocenters. The molecule has 3 rings (SSSR count). The summed E-state index contributed by atoms with van der Waals surface area (Å²) in [5.74, 6) is -0.111. The van der Waals surface area contributed by atoms with Crippen LogP contribution < -0.4 is 5.32 Å². The third kappa shape index (κ3) is 4.27. The Balaban J connectivity index is 1.68. The lowest BCUT2D eigenvalue weighted by molar-refractivity contribution is 0.0940. The minimum Gasteiger partial charge on any atom is -0.349 e. The van der Waals surface area contributed by atoms with Gasteiger partial charge in [-0.05, 0) is 32.9 Å². The second-order valence-electron chi connectivity index (χ2n) is 6.30. The average molecular weight is 347 g/mol. The molecular weight excluding hydrogens is 326 g/mol. The first-order valence-corrected chi connectivity index (χ1v) is 8.49. The van der Waals surface area contributed by atoms with E-state index in [9.17, 15) is 4.79 Å². The molecule has 3 aromatic rings. The van der Waals surface area contributed by atoms with E-state index in [2.05, 4.69) is 25.3 Å². The fourth-order valence-corrected chi connectivity index (χ4v) is 2.70. The summed E-state index contributed by atoms with van der Waals surface area (Å²) >= 11 is 0. The molecule has 1 N–H and O–H groups in total. The Hall–Kier alpha value is -3.15. The smallest absolute Gasteiger partial charge is 0.251 e. The first kappa shape index (κ1) is 17.7. The zero-order valence-corrected chi connectivity index (χ0v) is 15.1. The van der Waals surface area contributed by atoms with Crippen LogP contribution in [0.5, 0.6) is 0 Å². The first-order valence-electron chi connectivity index (χ1n) is 8.49. The van der Waals surface area contributed by atoms with Crippen LogP contribution in [0.2, 0.25) is 0 Å². The van der Waals surface area contributed by atoms with E-state index in [0.29, 0.717) is 12.0 Å². The summed E-state index contributed by atoms with van der Waals surface area (Å²) in [6.45, 7) is 5.79. The molecule has 0 spiro atoms. The summed E-state index contributed by atoms with van der Waals surface area (Å²) in [6.07, 6.45) is 7.38. The highest BCUT2D eigenvalue weighted by Gasteiger charge is 2.12. The Morgan fingerprint density at radius 2 is 1.85 bits per heavy atom. The van der Waals surface area contributed by atoms with Gasteiger partial charge in [0, 0.05) is 48.4 Å². The number of carbonyl (C=O) groups excluding carboxylic acids is 1. The molecule has 0 aliphatic carbocycles. The maximum atomic E-state index is 12.4. The topological polar surface area (TPSA) is 80.7 Å². The maximum Gasteiger partial charge on any atom is 0.251 e. The lowest BCUT2D eigenvalue weighted by Crippen LogP contribution is -2.34. The molecule has 0 radical (unpaired) electrons. The second-order valence-corrected chi connectivity index (χ2v) is 6.30. The average Bonchev–Trinajstić information content (AvgIpc) is 2.64. The van der Waals surface area contributed by atoms with Gasteiger partial charge in [-0.15, -0.1) is 0 Å². The molecule has 1 unspecified atom stereocenters. The van der Waals surface area contributed by atoms with Crippen LogP contribution in [0.15, 0.2) is 49.1 Å². The van der Waals surface area contributed by atoms with Crippen LogP contribution >= 0.6 is 0 Å². The normalized spacial score (nSPS) is 11.8. The van der Waals surface area contributed by atoms with Gasteiger partial charge in [0.05, 0.1) is 22.8 Å². The molecule has 6 nitrogen and oxygen atoms in total. The van der Waals surface area contributed by atoms with Crippen LogP contribution in [-0.4, -0.2) is 31.9 Å². The fourth-order valence-electron chi connectivity index (χ4n) is 2.70. The van der Waals surface area contributed by atoms with Crippen molar-refractivity contribution in [3.05, 3.63) is 71.7 Å². The van der Waals surface area contributed by atoms with E-state index in [1.54, 1.807) is 24.8 Å². The molecule has 6 heteroatoms. The van der Waals surface area contributed by atoms with E-state index in [-0.39, 0.29) is 11.9 Å². The molecule has 0 aliphatic heterocycles. The zero-order valence-electron chi connectivity index (χ0n) is 15.1. The van der Waals surface area contributed by atoms with Crippen LogP contribution in [0.4, 0.5) is 0 Å². The summed E-state index contributed by atoms with van der Waals surface area (Å²) in [5.41, 5.74) is 4.98. The van der Waals surface area contributed by atoms with E-state index < -0.39 is 0 Å². The van der Waals surface area contributed by atoms with E-state index in [1.165, 1.54) is 0 Å². The number of nitrogens with zero attached hydrogens (tertiary/aromatic N) is 4. The monoisotopic (exact) mass is 347 g/mol. The molecule has 0 fully saturated rings. The van der Waals surface area contributed by atoms with Crippen molar-refractivity contribution < 1.29 is 4.79 Å². The molecule has 132 valence electrons. The van der Waals surface area contributed by atoms with Crippen molar-refractivity contribution in [2.75, 3.05) is 0 Å². The van der Waals surface area contributed by atoms with Gasteiger partial charge in [-0.3, -0.25) is 19.7 Å². The van der Waals surface area contributed by atoms with E-state index in [4.69, 9.17) is 0 Å². The van der Waals surface area contributed by atoms with Crippen molar-refractivity contribution in [1.82, 2.24) is 25.3 Å². The minimum absolute atomic E-state index is 0.0382. The number of hydrogen-bond acceptors (Lipinski definition) is 5. The number of aromatic nitrogens is 4. The third-order valence-electron chi connectivity index (χ3n) is 4.01. The Bertz CT molecular complexity index is 894. The highest BCUT2D eigenvalue weighted by atomic mass is 16.1. The Labute approximate surface area is 152 Å². The first-order chi connectivity index (χ1) is 12.5. The summed E-state index contributed by atoms with van der Waals surface area (Å²) in [4.78, 5) is 29.6. The van der Waals surface area contributed by atoms with Gasteiger partial charge in [-0.1, -0.05) is 12.1 Å². The Morgan fingerprint density at radius 1 is 1.08 bits per heavy atom. The lowest BCUT2D eigenvalue weighted by atomic mass is 10.1. The van der Waals surface area contributed by atoms with Crippen LogP contribution in [0, 0.1) is 13.8 Å². The van der Waals surface area contributed by atoms with Gasteiger partial charge in [0.2, 0.25) is 0 Å². The third-order valence-corrected chi connectivity index (χ3v) is 4.01. The van der Waals surface area contributed by atoms with Gasteiger partial charge in [0.25, 0.3) is 5.91 Å². The molecule has 0 saturated carbocycles. The number of nitrogens with one attached hydrogen (secondary N) is 1. The molecular formula is C20H21N5O. The van der Waals surface area contributed by atoms with Gasteiger partial charge in [0.15, 0.2) is 0 Å². The molecule has 0 saturated heterocycles. The predicted octanol–water partition coefficient (Wildman–Crippen LogP) is 2.91. The number of amides is 1. The summed E-state index contributed by atoms with van der Waals surface area (Å²) in [6, 6.07) is 7.38. The largest absolute Gasteiger partial charge is 0.349 e. The number of hydrogen-bond donors (Lipinski definition) is 1. The number of aryl methyl sites for hydroxylation is 2. The van der Waals surface area contributed by atoms with Gasteiger partial charge < -0.3 is 5.32 Å². The van der Waals surface area contributed by atoms with Crippen LogP contribution in [-0.2, 0) is 6.42 Å². The number of rotatable bonds is 5. The summed E-state index contributed by atoms with van der Waals surface area (Å²) < 4.78 is 0. The van der Waals surface area contributed by atoms with Gasteiger partial charge >= 0.3 is 0 Å². The van der Waals surface area contributed by atoms with Gasteiger partial charge in [0.1, 0.15) is 0 Å². The van der Waals surface area contributed by atoms with Crippen molar-refractivity contribution in [3.8, 4) is 11.3 Å². The molecule has 2 heterocycles. The van der Waals surface area contributed by atoms with Crippen molar-refractivity contribution in [2.24, 2.45) is 0 Å². The SMILES string of the molecule is Cc1cnc(C)c(-c2ccc(C(=O)NC(C)Cc3cnccn3)cc2)n1. The van der Waals surface area contributed by atoms with Crippen LogP contribution in [0.25, 0.3) is 11.3 Å². The maximum absolute atomic E-state index is 12.4. The molecule has 1 amide bonds. The highest BCUT2D eigenvalue weighted by molar-refractivity contribution is 5.94. The molecule has 0 aliphatic rings. The molecule has 1 aromatic carbocycles. The van der Waals surface area contributed by atoms with Gasteiger partial charge in [-0.25, -0.2) is 4.98 Å². The number of benzene rings is 1. The standard InChI is InChI=1S/C20H21N5O/c1-13(10-18-12-21-8-9-22-18)25-20(26)17-6-4-16(5-7-17)19-15(3)23-11-14(2)24-19/h4-9,11-13H,10H2,1-3H3,(H,25,26). The van der Waals surface area contributed by atoms with E-state index in [0.717, 1.165) is 28.3 Å². The highest BCUT2D eigenvalue weighted by Crippen LogP contribution is 2.20. The quantitative estimate of drug-likeness (QED) is 0.767. The Morgan fingerprint density at radius 3 is 2.54 bits per heavy atom. The minimum atomic E-state index is -0.111. The zero-order chi connectivity index (χ0) is 18.5. The fraction of sp³-hybridized carbons (Fsp3) is 0.250. The molecule has 26 heavy (non-hydrogen) atoms. The van der Waals surface area contributed by atoms with Crippen molar-refractivity contribution in [2.45, 2.75) is 33.2 Å². The second kappa shape index (κ2) is 7.82. The Kier molecular flexibility index (Phi) is 5.31. The van der Waals surface area contributed by atoms with Crippen LogP contribution in [0.3, 0.4) is 0 Å². The summed E-state index contributed by atoms with van der Waals surface area (Å²) in [7, 11) is 0. The summed E-state index contributed by atoms with van der Waals surface area (Å²) in [5, 5.41) is 2.99. The van der Waals surface area contributed by atoms with Crippen molar-refractivity contribution in [1.29, 1.82) is 0 Å². The molecule has 0 bridgehead atoms. The van der Waals surface area contributed by atoms with E-state index in [1.807, 2.05) is 45.0 Å².